The standard InChI is InChI=1S/C18H18N2O3/c1-11-16(22-2)9-13(10-17(11)23-3)18(21)20-14-4-5-15-12(8-14)6-7-19-15/h4-10,19H,1-3H3,(H,20,21). The number of fused-ring (bicyclic) bond motifs is 1. The van der Waals surface area contributed by atoms with E-state index < -0.39 is 0 Å². The van der Waals surface area contributed by atoms with E-state index in [1.54, 1.807) is 26.4 Å². The second-order valence-corrected chi connectivity index (χ2v) is 5.24. The molecule has 2 aromatic carbocycles. The summed E-state index contributed by atoms with van der Waals surface area (Å²) in [5.74, 6) is 1.03. The summed E-state index contributed by atoms with van der Waals surface area (Å²) in [6.07, 6.45) is 1.87. The zero-order valence-corrected chi connectivity index (χ0v) is 13.3. The van der Waals surface area contributed by atoms with Crippen LogP contribution in [-0.2, 0) is 0 Å². The average molecular weight is 310 g/mol. The van der Waals surface area contributed by atoms with Crippen LogP contribution in [0, 0.1) is 6.92 Å². The molecule has 0 aliphatic carbocycles. The lowest BCUT2D eigenvalue weighted by atomic mass is 10.1. The highest BCUT2D eigenvalue weighted by molar-refractivity contribution is 6.05. The lowest BCUT2D eigenvalue weighted by Gasteiger charge is -2.12. The van der Waals surface area contributed by atoms with Crippen molar-refractivity contribution in [2.24, 2.45) is 0 Å². The smallest absolute Gasteiger partial charge is 0.255 e. The van der Waals surface area contributed by atoms with Crippen molar-refractivity contribution in [3.63, 3.8) is 0 Å². The van der Waals surface area contributed by atoms with Crippen LogP contribution in [0.2, 0.25) is 0 Å². The minimum Gasteiger partial charge on any atom is -0.496 e. The third kappa shape index (κ3) is 2.85. The van der Waals surface area contributed by atoms with Crippen molar-refractivity contribution in [1.29, 1.82) is 0 Å². The largest absolute Gasteiger partial charge is 0.496 e. The number of nitrogens with one attached hydrogen (secondary N) is 2. The Balaban J connectivity index is 1.90. The number of hydrogen-bond acceptors (Lipinski definition) is 3. The molecule has 0 radical (unpaired) electrons. The number of hydrogen-bond donors (Lipinski definition) is 2. The second kappa shape index (κ2) is 6.04. The summed E-state index contributed by atoms with van der Waals surface area (Å²) in [5.41, 5.74) is 3.11. The molecular formula is C18H18N2O3. The fourth-order valence-corrected chi connectivity index (χ4v) is 2.55. The third-order valence-corrected chi connectivity index (χ3v) is 3.83. The van der Waals surface area contributed by atoms with Gasteiger partial charge in [0.2, 0.25) is 0 Å². The molecule has 118 valence electrons. The van der Waals surface area contributed by atoms with Gasteiger partial charge in [0, 0.05) is 33.9 Å². The van der Waals surface area contributed by atoms with Crippen LogP contribution in [0.25, 0.3) is 10.9 Å². The third-order valence-electron chi connectivity index (χ3n) is 3.83. The second-order valence-electron chi connectivity index (χ2n) is 5.24. The molecule has 0 bridgehead atoms. The average Bonchev–Trinajstić information content (AvgIpc) is 3.02. The zero-order valence-electron chi connectivity index (χ0n) is 13.3. The molecule has 2 N–H and O–H groups in total. The van der Waals surface area contributed by atoms with Crippen LogP contribution in [0.3, 0.4) is 0 Å². The highest BCUT2D eigenvalue weighted by Crippen LogP contribution is 2.30. The Morgan fingerprint density at radius 3 is 2.39 bits per heavy atom. The molecule has 0 spiro atoms. The number of aromatic amines is 1. The number of anilines is 1. The first-order valence-electron chi connectivity index (χ1n) is 7.23. The lowest BCUT2D eigenvalue weighted by molar-refractivity contribution is 0.102. The van der Waals surface area contributed by atoms with Gasteiger partial charge in [-0.15, -0.1) is 0 Å². The zero-order chi connectivity index (χ0) is 16.4. The first-order valence-corrected chi connectivity index (χ1v) is 7.23. The van der Waals surface area contributed by atoms with Gasteiger partial charge in [-0.3, -0.25) is 4.79 Å². The maximum Gasteiger partial charge on any atom is 0.255 e. The number of carbonyl (C=O) groups excluding carboxylic acids is 1. The fourth-order valence-electron chi connectivity index (χ4n) is 2.55. The fraction of sp³-hybridized carbons (Fsp3) is 0.167. The van der Waals surface area contributed by atoms with Crippen molar-refractivity contribution in [2.75, 3.05) is 19.5 Å². The van der Waals surface area contributed by atoms with E-state index in [4.69, 9.17) is 9.47 Å². The molecule has 0 fully saturated rings. The Kier molecular flexibility index (Phi) is 3.93. The molecule has 5 heteroatoms. The van der Waals surface area contributed by atoms with Gasteiger partial charge < -0.3 is 19.8 Å². The van der Waals surface area contributed by atoms with Crippen molar-refractivity contribution in [2.45, 2.75) is 6.92 Å². The van der Waals surface area contributed by atoms with Crippen LogP contribution in [0.15, 0.2) is 42.6 Å². The molecule has 1 amide bonds. The Hall–Kier alpha value is -2.95. The molecule has 0 aliphatic rings. The molecule has 0 atom stereocenters. The predicted molar refractivity (Wildman–Crippen MR) is 90.5 cm³/mol. The van der Waals surface area contributed by atoms with Crippen LogP contribution in [0.5, 0.6) is 11.5 Å². The van der Waals surface area contributed by atoms with Crippen molar-refractivity contribution in [3.05, 3.63) is 53.7 Å². The molecule has 0 saturated carbocycles. The molecule has 3 rings (SSSR count). The number of ether oxygens (including phenoxy) is 2. The van der Waals surface area contributed by atoms with E-state index in [0.29, 0.717) is 17.1 Å². The van der Waals surface area contributed by atoms with Gasteiger partial charge >= 0.3 is 0 Å². The molecule has 3 aromatic rings. The van der Waals surface area contributed by atoms with E-state index in [0.717, 1.165) is 22.2 Å². The predicted octanol–water partition coefficient (Wildman–Crippen LogP) is 3.75. The van der Waals surface area contributed by atoms with E-state index in [2.05, 4.69) is 10.3 Å². The number of carbonyl (C=O) groups is 1. The summed E-state index contributed by atoms with van der Waals surface area (Å²) >= 11 is 0. The first-order chi connectivity index (χ1) is 11.1. The monoisotopic (exact) mass is 310 g/mol. The van der Waals surface area contributed by atoms with Crippen LogP contribution in [-0.4, -0.2) is 25.1 Å². The number of methoxy groups -OCH3 is 2. The number of H-pyrrole nitrogens is 1. The van der Waals surface area contributed by atoms with Gasteiger partial charge in [0.05, 0.1) is 14.2 Å². The van der Waals surface area contributed by atoms with Gasteiger partial charge in [-0.25, -0.2) is 0 Å². The summed E-state index contributed by atoms with van der Waals surface area (Å²) in [5, 5.41) is 3.94. The van der Waals surface area contributed by atoms with Crippen molar-refractivity contribution in [3.8, 4) is 11.5 Å². The summed E-state index contributed by atoms with van der Waals surface area (Å²) in [7, 11) is 3.15. The topological polar surface area (TPSA) is 63.3 Å². The number of amides is 1. The summed E-state index contributed by atoms with van der Waals surface area (Å²) in [6, 6.07) is 11.1. The van der Waals surface area contributed by atoms with E-state index in [-0.39, 0.29) is 5.91 Å². The van der Waals surface area contributed by atoms with Gasteiger partial charge in [-0.2, -0.15) is 0 Å². The Bertz CT molecular complexity index is 843. The van der Waals surface area contributed by atoms with Gasteiger partial charge in [0.15, 0.2) is 0 Å². The van der Waals surface area contributed by atoms with E-state index >= 15 is 0 Å². The van der Waals surface area contributed by atoms with Gasteiger partial charge in [0.1, 0.15) is 11.5 Å². The van der Waals surface area contributed by atoms with Crippen LogP contribution < -0.4 is 14.8 Å². The molecule has 0 unspecified atom stereocenters. The molecule has 1 aromatic heterocycles. The quantitative estimate of drug-likeness (QED) is 0.771. The van der Waals surface area contributed by atoms with Gasteiger partial charge in [0.25, 0.3) is 5.91 Å². The van der Waals surface area contributed by atoms with E-state index in [1.807, 2.05) is 37.4 Å². The molecule has 5 nitrogen and oxygen atoms in total. The molecule has 0 saturated heterocycles. The van der Waals surface area contributed by atoms with E-state index in [9.17, 15) is 4.79 Å². The Labute approximate surface area is 134 Å². The summed E-state index contributed by atoms with van der Waals surface area (Å²) in [4.78, 5) is 15.6. The molecular weight excluding hydrogens is 292 g/mol. The van der Waals surface area contributed by atoms with Crippen LogP contribution in [0.1, 0.15) is 15.9 Å². The Morgan fingerprint density at radius 2 is 1.74 bits per heavy atom. The first kappa shape index (κ1) is 15.0. The number of benzene rings is 2. The Morgan fingerprint density at radius 1 is 1.04 bits per heavy atom. The van der Waals surface area contributed by atoms with Crippen molar-refractivity contribution >= 4 is 22.5 Å². The van der Waals surface area contributed by atoms with Crippen LogP contribution >= 0.6 is 0 Å². The maximum atomic E-state index is 12.5. The summed E-state index contributed by atoms with van der Waals surface area (Å²) < 4.78 is 10.6. The maximum absolute atomic E-state index is 12.5. The van der Waals surface area contributed by atoms with Crippen LogP contribution in [0.4, 0.5) is 5.69 Å². The molecule has 0 aliphatic heterocycles. The van der Waals surface area contributed by atoms with E-state index in [1.165, 1.54) is 0 Å². The highest BCUT2D eigenvalue weighted by atomic mass is 16.5. The van der Waals surface area contributed by atoms with Gasteiger partial charge in [-0.1, -0.05) is 0 Å². The number of aromatic nitrogens is 1. The summed E-state index contributed by atoms with van der Waals surface area (Å²) in [6.45, 7) is 1.89. The minimum atomic E-state index is -0.212. The van der Waals surface area contributed by atoms with Crippen molar-refractivity contribution in [1.82, 2.24) is 4.98 Å². The number of rotatable bonds is 4. The van der Waals surface area contributed by atoms with Crippen molar-refractivity contribution < 1.29 is 14.3 Å². The normalized spacial score (nSPS) is 10.6. The lowest BCUT2D eigenvalue weighted by Crippen LogP contribution is -2.12. The minimum absolute atomic E-state index is 0.212. The molecule has 1 heterocycles. The SMILES string of the molecule is COc1cc(C(=O)Nc2ccc3[nH]ccc3c2)cc(OC)c1C. The highest BCUT2D eigenvalue weighted by Gasteiger charge is 2.14. The van der Waals surface area contributed by atoms with Gasteiger partial charge in [-0.05, 0) is 43.3 Å². The molecule has 23 heavy (non-hydrogen) atoms.